The summed E-state index contributed by atoms with van der Waals surface area (Å²) in [5.74, 6) is 0. The SMILES string of the molecule is CC1(C)CC(C)(C)S(=O)(=O)C1(C)C. The Morgan fingerprint density at radius 1 is 0.923 bits per heavy atom. The summed E-state index contributed by atoms with van der Waals surface area (Å²) in [6.07, 6.45) is 0.745. The van der Waals surface area contributed by atoms with E-state index in [0.717, 1.165) is 6.42 Å². The molecule has 3 heteroatoms. The first-order valence-electron chi connectivity index (χ1n) is 4.70. The molecule has 0 amide bonds. The average Bonchev–Trinajstić information content (AvgIpc) is 1.88. The van der Waals surface area contributed by atoms with Gasteiger partial charge in [0, 0.05) is 0 Å². The van der Waals surface area contributed by atoms with Gasteiger partial charge in [0.2, 0.25) is 0 Å². The standard InChI is InChI=1S/C10H20O2S/c1-8(2)7-9(3,4)13(11,12)10(8,5)6/h7H2,1-6H3. The van der Waals surface area contributed by atoms with E-state index in [1.54, 1.807) is 0 Å². The molecule has 13 heavy (non-hydrogen) atoms. The second kappa shape index (κ2) is 2.30. The minimum Gasteiger partial charge on any atom is -0.228 e. The van der Waals surface area contributed by atoms with Crippen molar-refractivity contribution in [1.29, 1.82) is 0 Å². The highest BCUT2D eigenvalue weighted by molar-refractivity contribution is 7.94. The summed E-state index contributed by atoms with van der Waals surface area (Å²) in [6.45, 7) is 11.4. The Balaban J connectivity index is 3.43. The van der Waals surface area contributed by atoms with Crippen LogP contribution in [0.3, 0.4) is 0 Å². The van der Waals surface area contributed by atoms with Crippen LogP contribution in [0, 0.1) is 5.41 Å². The lowest BCUT2D eigenvalue weighted by molar-refractivity contribution is 0.266. The molecule has 0 radical (unpaired) electrons. The van der Waals surface area contributed by atoms with Crippen LogP contribution >= 0.6 is 0 Å². The molecule has 0 atom stereocenters. The van der Waals surface area contributed by atoms with Crippen LogP contribution in [0.15, 0.2) is 0 Å². The predicted octanol–water partition coefficient (Wildman–Crippen LogP) is 2.39. The Kier molecular flexibility index (Phi) is 1.95. The van der Waals surface area contributed by atoms with Crippen LogP contribution in [0.2, 0.25) is 0 Å². The third-order valence-corrected chi connectivity index (χ3v) is 7.39. The van der Waals surface area contributed by atoms with E-state index in [-0.39, 0.29) is 5.41 Å². The molecule has 0 bridgehead atoms. The van der Waals surface area contributed by atoms with Gasteiger partial charge < -0.3 is 0 Å². The fourth-order valence-corrected chi connectivity index (χ4v) is 5.16. The van der Waals surface area contributed by atoms with Crippen molar-refractivity contribution in [2.45, 2.75) is 57.5 Å². The van der Waals surface area contributed by atoms with E-state index in [9.17, 15) is 8.42 Å². The van der Waals surface area contributed by atoms with E-state index in [4.69, 9.17) is 0 Å². The maximum atomic E-state index is 12.2. The first kappa shape index (κ1) is 11.0. The Hall–Kier alpha value is -0.0500. The zero-order valence-corrected chi connectivity index (χ0v) is 10.2. The molecule has 0 aromatic carbocycles. The molecule has 0 aromatic heterocycles. The van der Waals surface area contributed by atoms with Crippen LogP contribution in [0.25, 0.3) is 0 Å². The van der Waals surface area contributed by atoms with Gasteiger partial charge in [-0.1, -0.05) is 13.8 Å². The van der Waals surface area contributed by atoms with Gasteiger partial charge in [-0.25, -0.2) is 8.42 Å². The molecular weight excluding hydrogens is 184 g/mol. The number of hydrogen-bond donors (Lipinski definition) is 0. The molecule has 1 rings (SSSR count). The van der Waals surface area contributed by atoms with Crippen molar-refractivity contribution in [2.24, 2.45) is 5.41 Å². The molecule has 0 spiro atoms. The van der Waals surface area contributed by atoms with E-state index in [1.165, 1.54) is 0 Å². The van der Waals surface area contributed by atoms with Gasteiger partial charge in [-0.3, -0.25) is 0 Å². The fourth-order valence-electron chi connectivity index (χ4n) is 2.43. The molecule has 1 aliphatic rings. The molecule has 0 N–H and O–H groups in total. The molecule has 78 valence electrons. The van der Waals surface area contributed by atoms with Crippen molar-refractivity contribution in [3.05, 3.63) is 0 Å². The van der Waals surface area contributed by atoms with E-state index in [2.05, 4.69) is 0 Å². The van der Waals surface area contributed by atoms with Gasteiger partial charge in [-0.05, 0) is 39.5 Å². The number of rotatable bonds is 0. The molecule has 1 heterocycles. The second-order valence-corrected chi connectivity index (χ2v) is 8.97. The van der Waals surface area contributed by atoms with Crippen LogP contribution in [0.1, 0.15) is 48.0 Å². The largest absolute Gasteiger partial charge is 0.228 e. The maximum absolute atomic E-state index is 12.2. The van der Waals surface area contributed by atoms with Crippen LogP contribution in [-0.2, 0) is 9.84 Å². The van der Waals surface area contributed by atoms with Crippen LogP contribution in [-0.4, -0.2) is 17.9 Å². The molecule has 0 aliphatic carbocycles. The van der Waals surface area contributed by atoms with Gasteiger partial charge in [0.15, 0.2) is 9.84 Å². The quantitative estimate of drug-likeness (QED) is 0.607. The fraction of sp³-hybridized carbons (Fsp3) is 1.00. The van der Waals surface area contributed by atoms with Crippen LogP contribution in [0.5, 0.6) is 0 Å². The number of sulfone groups is 1. The van der Waals surface area contributed by atoms with E-state index < -0.39 is 19.3 Å². The third-order valence-electron chi connectivity index (χ3n) is 3.90. The minimum atomic E-state index is -3.01. The first-order valence-corrected chi connectivity index (χ1v) is 6.18. The van der Waals surface area contributed by atoms with Crippen LogP contribution < -0.4 is 0 Å². The molecule has 0 unspecified atom stereocenters. The summed E-state index contributed by atoms with van der Waals surface area (Å²) in [7, 11) is -3.01. The molecule has 1 fully saturated rings. The van der Waals surface area contributed by atoms with Gasteiger partial charge >= 0.3 is 0 Å². The second-order valence-electron chi connectivity index (χ2n) is 5.83. The maximum Gasteiger partial charge on any atom is 0.161 e. The molecule has 0 aromatic rings. The summed E-state index contributed by atoms with van der Waals surface area (Å²) < 4.78 is 23.1. The van der Waals surface area contributed by atoms with E-state index in [0.29, 0.717) is 0 Å². The lowest BCUT2D eigenvalue weighted by atomic mass is 9.75. The van der Waals surface area contributed by atoms with Gasteiger partial charge in [0.1, 0.15) is 0 Å². The van der Waals surface area contributed by atoms with Gasteiger partial charge in [0.25, 0.3) is 0 Å². The lowest BCUT2D eigenvalue weighted by Crippen LogP contribution is -2.41. The monoisotopic (exact) mass is 204 g/mol. The van der Waals surface area contributed by atoms with Crippen molar-refractivity contribution in [1.82, 2.24) is 0 Å². The molecule has 2 nitrogen and oxygen atoms in total. The molecule has 0 saturated carbocycles. The van der Waals surface area contributed by atoms with E-state index in [1.807, 2.05) is 41.5 Å². The van der Waals surface area contributed by atoms with Crippen molar-refractivity contribution >= 4 is 9.84 Å². The normalized spacial score (nSPS) is 33.1. The predicted molar refractivity (Wildman–Crippen MR) is 55.5 cm³/mol. The summed E-state index contributed by atoms with van der Waals surface area (Å²) in [6, 6.07) is 0. The average molecular weight is 204 g/mol. The summed E-state index contributed by atoms with van der Waals surface area (Å²) >= 11 is 0. The Morgan fingerprint density at radius 2 is 1.31 bits per heavy atom. The van der Waals surface area contributed by atoms with Gasteiger partial charge in [-0.15, -0.1) is 0 Å². The zero-order chi connectivity index (χ0) is 10.7. The topological polar surface area (TPSA) is 34.1 Å². The highest BCUT2D eigenvalue weighted by atomic mass is 32.2. The Bertz CT molecular complexity index is 321. The Labute approximate surface area is 81.6 Å². The van der Waals surface area contributed by atoms with Gasteiger partial charge in [-0.2, -0.15) is 0 Å². The third kappa shape index (κ3) is 1.09. The van der Waals surface area contributed by atoms with Crippen molar-refractivity contribution < 1.29 is 8.42 Å². The number of hydrogen-bond acceptors (Lipinski definition) is 2. The molecule has 1 saturated heterocycles. The highest BCUT2D eigenvalue weighted by Gasteiger charge is 2.62. The van der Waals surface area contributed by atoms with Crippen molar-refractivity contribution in [2.75, 3.05) is 0 Å². The smallest absolute Gasteiger partial charge is 0.161 e. The zero-order valence-electron chi connectivity index (χ0n) is 9.43. The van der Waals surface area contributed by atoms with Crippen molar-refractivity contribution in [3.8, 4) is 0 Å². The highest BCUT2D eigenvalue weighted by Crippen LogP contribution is 2.55. The van der Waals surface area contributed by atoms with Crippen LogP contribution in [0.4, 0.5) is 0 Å². The lowest BCUT2D eigenvalue weighted by Gasteiger charge is -2.32. The van der Waals surface area contributed by atoms with Crippen molar-refractivity contribution in [3.63, 3.8) is 0 Å². The molecular formula is C10H20O2S. The minimum absolute atomic E-state index is 0.130. The first-order chi connectivity index (χ1) is 5.46. The van der Waals surface area contributed by atoms with Gasteiger partial charge in [0.05, 0.1) is 9.49 Å². The summed E-state index contributed by atoms with van der Waals surface area (Å²) in [4.78, 5) is 0. The summed E-state index contributed by atoms with van der Waals surface area (Å²) in [5, 5.41) is 0. The van der Waals surface area contributed by atoms with E-state index >= 15 is 0 Å². The Morgan fingerprint density at radius 3 is 1.38 bits per heavy atom. The molecule has 1 aliphatic heterocycles. The summed E-state index contributed by atoms with van der Waals surface area (Å²) in [5.41, 5.74) is -0.130.